The second-order valence-electron chi connectivity index (χ2n) is 5.27. The first-order valence-electron chi connectivity index (χ1n) is 6.78. The molecule has 0 saturated carbocycles. The van der Waals surface area contributed by atoms with Crippen molar-refractivity contribution in [3.05, 3.63) is 23.9 Å². The maximum Gasteiger partial charge on any atom is 0.254 e. The molecule has 1 aliphatic heterocycles. The number of likely N-dealkylation sites (N-methyl/N-ethyl adjacent to an activating group) is 1. The van der Waals surface area contributed by atoms with Crippen LogP contribution in [0.5, 0.6) is 0 Å². The fourth-order valence-corrected chi connectivity index (χ4v) is 2.09. The third-order valence-corrected chi connectivity index (χ3v) is 3.27. The minimum Gasteiger partial charge on any atom is -0.374 e. The van der Waals surface area contributed by atoms with Crippen molar-refractivity contribution in [1.82, 2.24) is 14.8 Å². The molecule has 2 rings (SSSR count). The van der Waals surface area contributed by atoms with Crippen molar-refractivity contribution < 1.29 is 9.53 Å². The van der Waals surface area contributed by atoms with Crippen LogP contribution in [0.2, 0.25) is 0 Å². The summed E-state index contributed by atoms with van der Waals surface area (Å²) in [6.45, 7) is 3.39. The summed E-state index contributed by atoms with van der Waals surface area (Å²) < 4.78 is 5.67. The summed E-state index contributed by atoms with van der Waals surface area (Å²) >= 11 is 0. The van der Waals surface area contributed by atoms with Crippen LogP contribution in [0, 0.1) is 0 Å². The van der Waals surface area contributed by atoms with E-state index in [1.165, 1.54) is 4.90 Å². The third kappa shape index (κ3) is 3.91. The van der Waals surface area contributed by atoms with Crippen LogP contribution in [0.1, 0.15) is 10.4 Å². The molecule has 1 aliphatic rings. The Kier molecular flexibility index (Phi) is 4.92. The molecule has 0 radical (unpaired) electrons. The summed E-state index contributed by atoms with van der Waals surface area (Å²) in [6, 6.07) is 3.61. The molecule has 1 atom stereocenters. The fourth-order valence-electron chi connectivity index (χ4n) is 2.09. The molecule has 20 heavy (non-hydrogen) atoms. The van der Waals surface area contributed by atoms with Gasteiger partial charge >= 0.3 is 0 Å². The SMILES string of the molecule is CN1CCOC(CNc2ccc(C(=O)N(C)C)cn2)C1. The third-order valence-electron chi connectivity index (χ3n) is 3.27. The van der Waals surface area contributed by atoms with Crippen LogP contribution in [-0.4, -0.2) is 74.2 Å². The summed E-state index contributed by atoms with van der Waals surface area (Å²) in [4.78, 5) is 19.8. The van der Waals surface area contributed by atoms with Gasteiger partial charge in [-0.2, -0.15) is 0 Å². The summed E-state index contributed by atoms with van der Waals surface area (Å²) in [5.41, 5.74) is 0.592. The first-order valence-corrected chi connectivity index (χ1v) is 6.78. The monoisotopic (exact) mass is 278 g/mol. The Morgan fingerprint density at radius 3 is 2.95 bits per heavy atom. The molecular formula is C14H22N4O2. The molecule has 110 valence electrons. The summed E-state index contributed by atoms with van der Waals surface area (Å²) in [6.07, 6.45) is 1.78. The van der Waals surface area contributed by atoms with Crippen LogP contribution in [0.25, 0.3) is 0 Å². The molecule has 0 aromatic carbocycles. The van der Waals surface area contributed by atoms with Crippen LogP contribution in [0.15, 0.2) is 18.3 Å². The normalized spacial score (nSPS) is 19.6. The van der Waals surface area contributed by atoms with Gasteiger partial charge in [0, 0.05) is 39.9 Å². The molecule has 1 amide bonds. The highest BCUT2D eigenvalue weighted by Gasteiger charge is 2.17. The second-order valence-corrected chi connectivity index (χ2v) is 5.27. The molecule has 6 heteroatoms. The molecule has 1 aromatic heterocycles. The Hall–Kier alpha value is -1.66. The molecular weight excluding hydrogens is 256 g/mol. The molecule has 1 aromatic rings. The minimum absolute atomic E-state index is 0.0405. The van der Waals surface area contributed by atoms with Gasteiger partial charge in [0.05, 0.1) is 18.3 Å². The van der Waals surface area contributed by atoms with E-state index in [-0.39, 0.29) is 12.0 Å². The van der Waals surface area contributed by atoms with Gasteiger partial charge < -0.3 is 19.9 Å². The van der Waals surface area contributed by atoms with E-state index in [1.54, 1.807) is 26.4 Å². The van der Waals surface area contributed by atoms with Crippen molar-refractivity contribution in [1.29, 1.82) is 0 Å². The molecule has 2 heterocycles. The Morgan fingerprint density at radius 2 is 2.35 bits per heavy atom. The molecule has 1 fully saturated rings. The summed E-state index contributed by atoms with van der Waals surface area (Å²) in [5, 5.41) is 3.24. The van der Waals surface area contributed by atoms with Gasteiger partial charge in [0.2, 0.25) is 0 Å². The summed E-state index contributed by atoms with van der Waals surface area (Å²) in [7, 11) is 5.55. The van der Waals surface area contributed by atoms with E-state index < -0.39 is 0 Å². The Labute approximate surface area is 119 Å². The average molecular weight is 278 g/mol. The van der Waals surface area contributed by atoms with Crippen molar-refractivity contribution in [2.24, 2.45) is 0 Å². The van der Waals surface area contributed by atoms with E-state index in [0.29, 0.717) is 5.56 Å². The Balaban J connectivity index is 1.86. The highest BCUT2D eigenvalue weighted by Crippen LogP contribution is 2.08. The Morgan fingerprint density at radius 1 is 1.55 bits per heavy atom. The van der Waals surface area contributed by atoms with E-state index in [2.05, 4.69) is 22.2 Å². The van der Waals surface area contributed by atoms with Crippen molar-refractivity contribution in [3.63, 3.8) is 0 Å². The zero-order valence-corrected chi connectivity index (χ0v) is 12.3. The number of amides is 1. The van der Waals surface area contributed by atoms with E-state index in [1.807, 2.05) is 6.07 Å². The number of aromatic nitrogens is 1. The lowest BCUT2D eigenvalue weighted by atomic mass is 10.2. The summed E-state index contributed by atoms with van der Waals surface area (Å²) in [5.74, 6) is 0.721. The Bertz CT molecular complexity index is 447. The highest BCUT2D eigenvalue weighted by atomic mass is 16.5. The number of hydrogen-bond donors (Lipinski definition) is 1. The van der Waals surface area contributed by atoms with E-state index in [0.717, 1.165) is 32.1 Å². The molecule has 0 aliphatic carbocycles. The quantitative estimate of drug-likeness (QED) is 0.870. The van der Waals surface area contributed by atoms with Crippen LogP contribution in [-0.2, 0) is 4.74 Å². The fraction of sp³-hybridized carbons (Fsp3) is 0.571. The van der Waals surface area contributed by atoms with Crippen LogP contribution < -0.4 is 5.32 Å². The van der Waals surface area contributed by atoms with Gasteiger partial charge in [-0.3, -0.25) is 4.79 Å². The lowest BCUT2D eigenvalue weighted by molar-refractivity contribution is -0.0117. The number of anilines is 1. The zero-order valence-electron chi connectivity index (χ0n) is 12.3. The van der Waals surface area contributed by atoms with Gasteiger partial charge in [-0.25, -0.2) is 4.98 Å². The predicted octanol–water partition coefficient (Wildman–Crippen LogP) is 0.526. The van der Waals surface area contributed by atoms with E-state index >= 15 is 0 Å². The first kappa shape index (κ1) is 14.7. The van der Waals surface area contributed by atoms with Gasteiger partial charge in [-0.15, -0.1) is 0 Å². The van der Waals surface area contributed by atoms with Crippen molar-refractivity contribution in [3.8, 4) is 0 Å². The van der Waals surface area contributed by atoms with Gasteiger partial charge in [0.1, 0.15) is 5.82 Å². The first-order chi connectivity index (χ1) is 9.56. The maximum absolute atomic E-state index is 11.7. The number of nitrogens with zero attached hydrogens (tertiary/aromatic N) is 3. The number of nitrogens with one attached hydrogen (secondary N) is 1. The predicted molar refractivity (Wildman–Crippen MR) is 78.0 cm³/mol. The van der Waals surface area contributed by atoms with Crippen LogP contribution in [0.3, 0.4) is 0 Å². The van der Waals surface area contributed by atoms with E-state index in [9.17, 15) is 4.79 Å². The van der Waals surface area contributed by atoms with Crippen LogP contribution in [0.4, 0.5) is 5.82 Å². The van der Waals surface area contributed by atoms with E-state index in [4.69, 9.17) is 4.74 Å². The average Bonchev–Trinajstić information content (AvgIpc) is 2.45. The molecule has 1 unspecified atom stereocenters. The number of ether oxygens (including phenoxy) is 1. The lowest BCUT2D eigenvalue weighted by Gasteiger charge is -2.30. The van der Waals surface area contributed by atoms with Gasteiger partial charge in [0.25, 0.3) is 5.91 Å². The van der Waals surface area contributed by atoms with Crippen LogP contribution >= 0.6 is 0 Å². The minimum atomic E-state index is -0.0405. The molecule has 1 saturated heterocycles. The topological polar surface area (TPSA) is 57.7 Å². The van der Waals surface area contributed by atoms with Crippen molar-refractivity contribution in [2.45, 2.75) is 6.10 Å². The highest BCUT2D eigenvalue weighted by molar-refractivity contribution is 5.93. The number of rotatable bonds is 4. The van der Waals surface area contributed by atoms with Crippen molar-refractivity contribution in [2.75, 3.05) is 52.7 Å². The molecule has 0 spiro atoms. The largest absolute Gasteiger partial charge is 0.374 e. The smallest absolute Gasteiger partial charge is 0.254 e. The standard InChI is InChI=1S/C14H22N4O2/c1-17(2)14(19)11-4-5-13(15-8-11)16-9-12-10-18(3)6-7-20-12/h4-5,8,12H,6-7,9-10H2,1-3H3,(H,15,16). The number of hydrogen-bond acceptors (Lipinski definition) is 5. The number of morpholine rings is 1. The molecule has 6 nitrogen and oxygen atoms in total. The molecule has 0 bridgehead atoms. The van der Waals surface area contributed by atoms with Gasteiger partial charge in [0.15, 0.2) is 0 Å². The maximum atomic E-state index is 11.7. The number of pyridine rings is 1. The second kappa shape index (κ2) is 6.67. The lowest BCUT2D eigenvalue weighted by Crippen LogP contribution is -2.43. The number of carbonyl (C=O) groups is 1. The van der Waals surface area contributed by atoms with Gasteiger partial charge in [-0.05, 0) is 19.2 Å². The molecule has 1 N–H and O–H groups in total. The van der Waals surface area contributed by atoms with Crippen molar-refractivity contribution >= 4 is 11.7 Å². The number of carbonyl (C=O) groups excluding carboxylic acids is 1. The zero-order chi connectivity index (χ0) is 14.5. The van der Waals surface area contributed by atoms with Gasteiger partial charge in [-0.1, -0.05) is 0 Å².